The molecular formula is C16H9Cl3F3NO4. The van der Waals surface area contributed by atoms with E-state index in [1.165, 1.54) is 18.3 Å². The van der Waals surface area contributed by atoms with Crippen LogP contribution in [-0.4, -0.2) is 28.3 Å². The summed E-state index contributed by atoms with van der Waals surface area (Å²) in [5.74, 6) is -3.58. The van der Waals surface area contributed by atoms with Crippen LogP contribution in [0.5, 0.6) is 17.4 Å². The highest BCUT2D eigenvalue weighted by Gasteiger charge is 2.52. The Balaban J connectivity index is 1.95. The topological polar surface area (TPSA) is 68.7 Å². The number of carboxylic acids is 1. The van der Waals surface area contributed by atoms with E-state index in [2.05, 4.69) is 4.98 Å². The van der Waals surface area contributed by atoms with Crippen LogP contribution in [0.4, 0.5) is 13.2 Å². The van der Waals surface area contributed by atoms with Crippen molar-refractivity contribution in [3.63, 3.8) is 0 Å². The van der Waals surface area contributed by atoms with Crippen LogP contribution in [0.1, 0.15) is 5.56 Å². The van der Waals surface area contributed by atoms with Crippen molar-refractivity contribution in [3.8, 4) is 17.4 Å². The minimum Gasteiger partial charge on any atom is -0.481 e. The molecule has 2 atom stereocenters. The summed E-state index contributed by atoms with van der Waals surface area (Å²) in [6.45, 7) is 0. The molecule has 2 unspecified atom stereocenters. The average molecular weight is 443 g/mol. The van der Waals surface area contributed by atoms with Crippen LogP contribution in [0.25, 0.3) is 0 Å². The molecule has 2 heterocycles. The maximum absolute atomic E-state index is 13.2. The van der Waals surface area contributed by atoms with E-state index in [4.69, 9.17) is 49.4 Å². The molecule has 0 bridgehead atoms. The normalized spacial score (nSPS) is 19.2. The van der Waals surface area contributed by atoms with Gasteiger partial charge in [-0.15, -0.1) is 0 Å². The van der Waals surface area contributed by atoms with Gasteiger partial charge >= 0.3 is 12.1 Å². The first-order valence-corrected chi connectivity index (χ1v) is 8.47. The number of ether oxygens (including phenoxy) is 2. The van der Waals surface area contributed by atoms with Gasteiger partial charge in [-0.2, -0.15) is 13.2 Å². The minimum absolute atomic E-state index is 0.0119. The van der Waals surface area contributed by atoms with E-state index in [-0.39, 0.29) is 44.4 Å². The lowest BCUT2D eigenvalue weighted by Crippen LogP contribution is -2.47. The molecule has 0 saturated heterocycles. The van der Waals surface area contributed by atoms with Crippen LogP contribution < -0.4 is 9.47 Å². The molecule has 0 fully saturated rings. The van der Waals surface area contributed by atoms with Gasteiger partial charge in [-0.25, -0.2) is 4.98 Å². The Morgan fingerprint density at radius 1 is 1.19 bits per heavy atom. The number of benzene rings is 1. The average Bonchev–Trinajstić information content (AvgIpc) is 2.57. The number of aromatic nitrogens is 1. The zero-order valence-corrected chi connectivity index (χ0v) is 15.3. The number of aliphatic carboxylic acids is 1. The molecule has 27 heavy (non-hydrogen) atoms. The molecule has 144 valence electrons. The molecule has 0 amide bonds. The van der Waals surface area contributed by atoms with E-state index in [1.54, 1.807) is 0 Å². The van der Waals surface area contributed by atoms with E-state index in [0.29, 0.717) is 0 Å². The summed E-state index contributed by atoms with van der Waals surface area (Å²) in [6, 6.07) is 3.75. The van der Waals surface area contributed by atoms with Gasteiger partial charge in [0.2, 0.25) is 12.0 Å². The first-order chi connectivity index (χ1) is 12.6. The Kier molecular flexibility index (Phi) is 5.33. The number of rotatable bonds is 3. The van der Waals surface area contributed by atoms with Crippen molar-refractivity contribution in [2.24, 2.45) is 5.92 Å². The Morgan fingerprint density at radius 3 is 2.48 bits per heavy atom. The van der Waals surface area contributed by atoms with Gasteiger partial charge in [0.1, 0.15) is 11.7 Å². The second-order valence-electron chi connectivity index (χ2n) is 5.66. The number of fused-ring (bicyclic) bond motifs is 1. The van der Waals surface area contributed by atoms with Gasteiger partial charge in [-0.05, 0) is 18.1 Å². The number of hydrogen-bond donors (Lipinski definition) is 1. The van der Waals surface area contributed by atoms with Crippen molar-refractivity contribution in [1.29, 1.82) is 0 Å². The highest BCUT2D eigenvalue weighted by atomic mass is 35.5. The summed E-state index contributed by atoms with van der Waals surface area (Å²) in [5, 5.41) is 9.49. The third-order valence-corrected chi connectivity index (χ3v) is 4.82. The number of halogens is 6. The fourth-order valence-corrected chi connectivity index (χ4v) is 3.03. The molecule has 3 rings (SSSR count). The van der Waals surface area contributed by atoms with Crippen LogP contribution in [0.3, 0.4) is 0 Å². The molecule has 0 radical (unpaired) electrons. The van der Waals surface area contributed by atoms with Crippen molar-refractivity contribution >= 4 is 40.8 Å². The number of carbonyl (C=O) groups is 1. The third kappa shape index (κ3) is 4.17. The van der Waals surface area contributed by atoms with E-state index < -0.39 is 24.2 Å². The predicted octanol–water partition coefficient (Wildman–Crippen LogP) is 5.40. The first kappa shape index (κ1) is 19.9. The third-order valence-electron chi connectivity index (χ3n) is 3.81. The van der Waals surface area contributed by atoms with Crippen LogP contribution in [-0.2, 0) is 11.2 Å². The van der Waals surface area contributed by atoms with E-state index in [1.807, 2.05) is 0 Å². The number of alkyl halides is 3. The van der Waals surface area contributed by atoms with Gasteiger partial charge in [0, 0.05) is 12.1 Å². The highest BCUT2D eigenvalue weighted by Crippen LogP contribution is 2.43. The van der Waals surface area contributed by atoms with Crippen molar-refractivity contribution in [2.75, 3.05) is 0 Å². The molecule has 1 aromatic carbocycles. The van der Waals surface area contributed by atoms with Crippen LogP contribution >= 0.6 is 34.8 Å². The minimum atomic E-state index is -4.85. The summed E-state index contributed by atoms with van der Waals surface area (Å²) < 4.78 is 49.9. The SMILES string of the molecule is O=C(O)C1Cc2cc(Cl)c(Oc3cc(Cl)c(Cl)cn3)cc2OC1C(F)(F)F. The Morgan fingerprint density at radius 2 is 1.89 bits per heavy atom. The van der Waals surface area contributed by atoms with E-state index >= 15 is 0 Å². The van der Waals surface area contributed by atoms with Crippen LogP contribution in [0.15, 0.2) is 24.4 Å². The fraction of sp³-hybridized carbons (Fsp3) is 0.250. The van der Waals surface area contributed by atoms with Crippen LogP contribution in [0, 0.1) is 5.92 Å². The maximum Gasteiger partial charge on any atom is 0.426 e. The maximum atomic E-state index is 13.2. The molecule has 1 N–H and O–H groups in total. The molecule has 1 aromatic heterocycles. The predicted molar refractivity (Wildman–Crippen MR) is 91.1 cm³/mol. The van der Waals surface area contributed by atoms with Gasteiger partial charge in [-0.3, -0.25) is 4.79 Å². The summed E-state index contributed by atoms with van der Waals surface area (Å²) >= 11 is 17.7. The van der Waals surface area contributed by atoms with E-state index in [0.717, 1.165) is 6.07 Å². The summed E-state index contributed by atoms with van der Waals surface area (Å²) in [5.41, 5.74) is 0.224. The Hall–Kier alpha value is -1.90. The monoisotopic (exact) mass is 441 g/mol. The number of hydrogen-bond acceptors (Lipinski definition) is 4. The van der Waals surface area contributed by atoms with Crippen molar-refractivity contribution in [3.05, 3.63) is 45.0 Å². The first-order valence-electron chi connectivity index (χ1n) is 7.33. The van der Waals surface area contributed by atoms with Gasteiger partial charge in [0.15, 0.2) is 5.75 Å². The number of carboxylic acid groups (broad SMARTS) is 1. The number of nitrogens with zero attached hydrogens (tertiary/aromatic N) is 1. The van der Waals surface area contributed by atoms with Crippen molar-refractivity contribution in [1.82, 2.24) is 4.98 Å². The van der Waals surface area contributed by atoms with Crippen molar-refractivity contribution < 1.29 is 32.5 Å². The van der Waals surface area contributed by atoms with Gasteiger partial charge in [0.05, 0.1) is 21.3 Å². The highest BCUT2D eigenvalue weighted by molar-refractivity contribution is 6.41. The molecule has 1 aliphatic rings. The molecule has 0 spiro atoms. The second-order valence-corrected chi connectivity index (χ2v) is 6.88. The number of pyridine rings is 1. The molecule has 0 saturated carbocycles. The zero-order valence-electron chi connectivity index (χ0n) is 13.1. The molecule has 11 heteroatoms. The molecule has 0 aliphatic carbocycles. The lowest BCUT2D eigenvalue weighted by molar-refractivity contribution is -0.217. The lowest BCUT2D eigenvalue weighted by Gasteiger charge is -2.32. The van der Waals surface area contributed by atoms with Gasteiger partial charge in [0.25, 0.3) is 0 Å². The van der Waals surface area contributed by atoms with Gasteiger partial charge in [-0.1, -0.05) is 34.8 Å². The molecule has 5 nitrogen and oxygen atoms in total. The summed E-state index contributed by atoms with van der Waals surface area (Å²) in [6.07, 6.45) is -6.49. The Bertz CT molecular complexity index is 907. The molecule has 1 aliphatic heterocycles. The standard InChI is InChI=1S/C16H9Cl3F3NO4/c17-8-3-13(23-5-10(8)19)26-12-4-11-6(2-9(12)18)1-7(15(24)25)14(27-11)16(20,21)22/h2-5,7,14H,1H2,(H,24,25). The summed E-state index contributed by atoms with van der Waals surface area (Å²) in [7, 11) is 0. The van der Waals surface area contributed by atoms with Crippen LogP contribution in [0.2, 0.25) is 15.1 Å². The largest absolute Gasteiger partial charge is 0.481 e. The second kappa shape index (κ2) is 7.26. The molecular weight excluding hydrogens is 434 g/mol. The van der Waals surface area contributed by atoms with Gasteiger partial charge < -0.3 is 14.6 Å². The zero-order chi connectivity index (χ0) is 19.9. The lowest BCUT2D eigenvalue weighted by atomic mass is 9.90. The van der Waals surface area contributed by atoms with Crippen molar-refractivity contribution in [2.45, 2.75) is 18.7 Å². The quantitative estimate of drug-likeness (QED) is 0.689. The van der Waals surface area contributed by atoms with E-state index in [9.17, 15) is 18.0 Å². The smallest absolute Gasteiger partial charge is 0.426 e. The Labute approximate surface area is 165 Å². The fourth-order valence-electron chi connectivity index (χ4n) is 2.56. The summed E-state index contributed by atoms with van der Waals surface area (Å²) in [4.78, 5) is 15.1. The molecule has 2 aromatic rings.